The van der Waals surface area contributed by atoms with Gasteiger partial charge in [0.25, 0.3) is 11.8 Å². The first kappa shape index (κ1) is 28.1. The lowest BCUT2D eigenvalue weighted by atomic mass is 10.1. The third kappa shape index (κ3) is 8.54. The van der Waals surface area contributed by atoms with E-state index in [0.29, 0.717) is 23.5 Å². The van der Waals surface area contributed by atoms with Crippen LogP contribution in [0.4, 0.5) is 0 Å². The SMILES string of the molecule is CC.C\C=C/C=C(\C=C/C)c1cc(C(=O)NC)n(Cc2ccc(C(=O)NCCC(=O)O)cc2)n1. The molecule has 0 aliphatic rings. The van der Waals surface area contributed by atoms with Gasteiger partial charge in [0.05, 0.1) is 18.7 Å². The van der Waals surface area contributed by atoms with Crippen molar-refractivity contribution in [2.75, 3.05) is 13.6 Å². The van der Waals surface area contributed by atoms with Crippen LogP contribution in [-0.4, -0.2) is 46.3 Å². The second-order valence-electron chi connectivity index (χ2n) is 6.90. The fourth-order valence-electron chi connectivity index (χ4n) is 2.91. The number of hydrogen-bond donors (Lipinski definition) is 3. The summed E-state index contributed by atoms with van der Waals surface area (Å²) in [6, 6.07) is 8.63. The fourth-order valence-corrected chi connectivity index (χ4v) is 2.91. The van der Waals surface area contributed by atoms with Gasteiger partial charge in [-0.05, 0) is 37.6 Å². The molecule has 2 rings (SSSR count). The third-order valence-corrected chi connectivity index (χ3v) is 4.52. The molecule has 1 aromatic carbocycles. The van der Waals surface area contributed by atoms with Gasteiger partial charge in [0, 0.05) is 24.7 Å². The molecule has 0 spiro atoms. The highest BCUT2D eigenvalue weighted by molar-refractivity contribution is 5.94. The van der Waals surface area contributed by atoms with Crippen LogP contribution in [0.2, 0.25) is 0 Å². The Morgan fingerprint density at radius 3 is 2.29 bits per heavy atom. The van der Waals surface area contributed by atoms with Crippen LogP contribution in [0.15, 0.2) is 60.7 Å². The zero-order valence-electron chi connectivity index (χ0n) is 20.5. The molecular weight excluding hydrogens is 432 g/mol. The van der Waals surface area contributed by atoms with Crippen molar-refractivity contribution in [2.45, 2.75) is 40.7 Å². The van der Waals surface area contributed by atoms with Gasteiger partial charge in [-0.15, -0.1) is 0 Å². The lowest BCUT2D eigenvalue weighted by molar-refractivity contribution is -0.136. The number of carboxylic acids is 1. The van der Waals surface area contributed by atoms with Gasteiger partial charge in [-0.2, -0.15) is 5.10 Å². The van der Waals surface area contributed by atoms with Gasteiger partial charge in [-0.3, -0.25) is 19.1 Å². The summed E-state index contributed by atoms with van der Waals surface area (Å²) in [5.74, 6) is -1.55. The van der Waals surface area contributed by atoms with Gasteiger partial charge < -0.3 is 15.7 Å². The van der Waals surface area contributed by atoms with Crippen molar-refractivity contribution in [3.63, 3.8) is 0 Å². The third-order valence-electron chi connectivity index (χ3n) is 4.52. The molecule has 0 unspecified atom stereocenters. The second kappa shape index (κ2) is 15.0. The van der Waals surface area contributed by atoms with Gasteiger partial charge >= 0.3 is 5.97 Å². The molecule has 0 bridgehead atoms. The van der Waals surface area contributed by atoms with Gasteiger partial charge in [-0.25, -0.2) is 0 Å². The molecule has 34 heavy (non-hydrogen) atoms. The van der Waals surface area contributed by atoms with E-state index >= 15 is 0 Å². The molecule has 0 fully saturated rings. The van der Waals surface area contributed by atoms with E-state index in [2.05, 4.69) is 15.7 Å². The Kier molecular flexibility index (Phi) is 12.4. The number of carbonyl (C=O) groups excluding carboxylic acids is 2. The predicted octanol–water partition coefficient (Wildman–Crippen LogP) is 4.06. The predicted molar refractivity (Wildman–Crippen MR) is 135 cm³/mol. The molecule has 0 aliphatic heterocycles. The van der Waals surface area contributed by atoms with Crippen LogP contribution < -0.4 is 10.6 Å². The first-order valence-electron chi connectivity index (χ1n) is 11.2. The zero-order valence-corrected chi connectivity index (χ0v) is 20.5. The number of carbonyl (C=O) groups is 3. The average molecular weight is 467 g/mol. The summed E-state index contributed by atoms with van der Waals surface area (Å²) in [4.78, 5) is 35.1. The molecule has 2 aromatic rings. The van der Waals surface area contributed by atoms with Crippen LogP contribution in [0.5, 0.6) is 0 Å². The summed E-state index contributed by atoms with van der Waals surface area (Å²) in [7, 11) is 1.57. The Morgan fingerprint density at radius 2 is 1.74 bits per heavy atom. The molecule has 0 saturated carbocycles. The summed E-state index contributed by atoms with van der Waals surface area (Å²) in [5.41, 5.74) is 3.26. The molecule has 1 aromatic heterocycles. The van der Waals surface area contributed by atoms with Gasteiger partial charge in [0.15, 0.2) is 0 Å². The maximum Gasteiger partial charge on any atom is 0.305 e. The Balaban J connectivity index is 0.00000281. The maximum atomic E-state index is 12.4. The van der Waals surface area contributed by atoms with Crippen molar-refractivity contribution in [2.24, 2.45) is 0 Å². The van der Waals surface area contributed by atoms with Crippen LogP contribution >= 0.6 is 0 Å². The average Bonchev–Trinajstić information content (AvgIpc) is 3.26. The quantitative estimate of drug-likeness (QED) is 0.457. The number of hydrogen-bond acceptors (Lipinski definition) is 4. The summed E-state index contributed by atoms with van der Waals surface area (Å²) >= 11 is 0. The van der Waals surface area contributed by atoms with E-state index in [9.17, 15) is 14.4 Å². The highest BCUT2D eigenvalue weighted by atomic mass is 16.4. The first-order valence-corrected chi connectivity index (χ1v) is 11.2. The number of aromatic nitrogens is 2. The van der Waals surface area contributed by atoms with Gasteiger partial charge in [-0.1, -0.05) is 56.4 Å². The minimum absolute atomic E-state index is 0.0662. The molecule has 0 radical (unpaired) electrons. The van der Waals surface area contributed by atoms with Crippen molar-refractivity contribution in [1.82, 2.24) is 20.4 Å². The zero-order chi connectivity index (χ0) is 25.5. The smallest absolute Gasteiger partial charge is 0.305 e. The van der Waals surface area contributed by atoms with E-state index in [1.54, 1.807) is 42.1 Å². The molecule has 0 atom stereocenters. The molecule has 8 nitrogen and oxygen atoms in total. The van der Waals surface area contributed by atoms with Gasteiger partial charge in [0.1, 0.15) is 5.69 Å². The first-order chi connectivity index (χ1) is 16.4. The number of aliphatic carboxylic acids is 1. The molecular formula is C26H34N4O4. The largest absolute Gasteiger partial charge is 0.481 e. The van der Waals surface area contributed by atoms with Crippen molar-refractivity contribution >= 4 is 23.4 Å². The van der Waals surface area contributed by atoms with Crippen molar-refractivity contribution in [3.05, 3.63) is 83.2 Å². The number of allylic oxidation sites excluding steroid dienone is 6. The van der Waals surface area contributed by atoms with E-state index in [0.717, 1.165) is 11.1 Å². The molecule has 3 N–H and O–H groups in total. The standard InChI is InChI=1S/C24H28N4O4.C2H6/c1-4-6-8-18(7-5-2)20-15-21(24(32)25-3)28(27-20)16-17-9-11-19(12-10-17)23(31)26-14-13-22(29)30;1-2/h4-12,15H,13-14,16H2,1-3H3,(H,25,32)(H,26,31)(H,29,30);1-2H3/b6-4-,7-5-,18-8+;. The fraction of sp³-hybridized carbons (Fsp3) is 0.308. The Labute approximate surface area is 201 Å². The normalized spacial score (nSPS) is 11.3. The van der Waals surface area contributed by atoms with E-state index < -0.39 is 5.97 Å². The Hall–Kier alpha value is -3.94. The molecule has 182 valence electrons. The van der Waals surface area contributed by atoms with Crippen LogP contribution in [0.25, 0.3) is 5.57 Å². The minimum Gasteiger partial charge on any atom is -0.481 e. The van der Waals surface area contributed by atoms with Gasteiger partial charge in [0.2, 0.25) is 0 Å². The summed E-state index contributed by atoms with van der Waals surface area (Å²) in [6.45, 7) is 8.25. The van der Waals surface area contributed by atoms with E-state index in [1.807, 2.05) is 58.1 Å². The summed E-state index contributed by atoms with van der Waals surface area (Å²) in [6.07, 6.45) is 9.46. The molecule has 8 heteroatoms. The summed E-state index contributed by atoms with van der Waals surface area (Å²) < 4.78 is 1.63. The molecule has 1 heterocycles. The number of benzene rings is 1. The number of carboxylic acid groups (broad SMARTS) is 1. The van der Waals surface area contributed by atoms with Crippen LogP contribution in [0, 0.1) is 0 Å². The highest BCUT2D eigenvalue weighted by Gasteiger charge is 2.16. The monoisotopic (exact) mass is 466 g/mol. The Morgan fingerprint density at radius 1 is 1.06 bits per heavy atom. The number of amides is 2. The van der Waals surface area contributed by atoms with Crippen LogP contribution in [0.3, 0.4) is 0 Å². The number of nitrogens with zero attached hydrogens (tertiary/aromatic N) is 2. The summed E-state index contributed by atoms with van der Waals surface area (Å²) in [5, 5.41) is 18.5. The minimum atomic E-state index is -0.968. The highest BCUT2D eigenvalue weighted by Crippen LogP contribution is 2.18. The Bertz CT molecular complexity index is 1050. The number of nitrogens with one attached hydrogen (secondary N) is 2. The van der Waals surface area contributed by atoms with Crippen LogP contribution in [-0.2, 0) is 11.3 Å². The van der Waals surface area contributed by atoms with Crippen molar-refractivity contribution < 1.29 is 19.5 Å². The topological polar surface area (TPSA) is 113 Å². The van der Waals surface area contributed by atoms with Crippen molar-refractivity contribution in [1.29, 1.82) is 0 Å². The molecule has 2 amide bonds. The second-order valence-corrected chi connectivity index (χ2v) is 6.90. The van der Waals surface area contributed by atoms with E-state index in [1.165, 1.54) is 0 Å². The van der Waals surface area contributed by atoms with Crippen LogP contribution in [0.1, 0.15) is 66.2 Å². The molecule has 0 saturated heterocycles. The molecule has 0 aliphatic carbocycles. The number of rotatable bonds is 10. The van der Waals surface area contributed by atoms with E-state index in [4.69, 9.17) is 5.11 Å². The van der Waals surface area contributed by atoms with Crippen molar-refractivity contribution in [3.8, 4) is 0 Å². The lowest BCUT2D eigenvalue weighted by Gasteiger charge is -2.08. The lowest BCUT2D eigenvalue weighted by Crippen LogP contribution is -2.26. The maximum absolute atomic E-state index is 12.4. The van der Waals surface area contributed by atoms with E-state index in [-0.39, 0.29) is 24.8 Å².